The highest BCUT2D eigenvalue weighted by Crippen LogP contribution is 2.53. The molecule has 0 aromatic heterocycles. The smallest absolute Gasteiger partial charge is 0.346 e. The average Bonchev–Trinajstić information content (AvgIpc) is 3.36. The molecule has 5 nitrogen and oxygen atoms in total. The molecule has 0 radical (unpaired) electrons. The summed E-state index contributed by atoms with van der Waals surface area (Å²) < 4.78 is 19.0. The van der Waals surface area contributed by atoms with Crippen LogP contribution >= 0.6 is 0 Å². The second kappa shape index (κ2) is 6.12. The van der Waals surface area contributed by atoms with E-state index in [0.29, 0.717) is 5.69 Å². The molecule has 2 bridgehead atoms. The number of hydrogen-bond acceptors (Lipinski definition) is 4. The fourth-order valence-electron chi connectivity index (χ4n) is 4.63. The molecule has 2 aromatic rings. The molecule has 2 amide bonds. The number of carbonyl (C=O) groups excluding carboxylic acids is 3. The Bertz CT molecular complexity index is 1020. The molecule has 6 heteroatoms. The van der Waals surface area contributed by atoms with Crippen molar-refractivity contribution in [1.82, 2.24) is 0 Å². The number of benzene rings is 2. The molecule has 1 heterocycles. The van der Waals surface area contributed by atoms with E-state index in [9.17, 15) is 18.8 Å². The van der Waals surface area contributed by atoms with E-state index in [0.717, 1.165) is 6.42 Å². The van der Waals surface area contributed by atoms with Gasteiger partial charge in [0.25, 0.3) is 0 Å². The number of fused-ring (bicyclic) bond motifs is 5. The minimum absolute atomic E-state index is 0.124. The number of halogens is 1. The number of carbonyl (C=O) groups is 3. The van der Waals surface area contributed by atoms with Crippen LogP contribution in [0.1, 0.15) is 16.8 Å². The monoisotopic (exact) mass is 377 g/mol. The minimum Gasteiger partial charge on any atom is -0.423 e. The van der Waals surface area contributed by atoms with Gasteiger partial charge in [0.2, 0.25) is 11.8 Å². The number of hydrogen-bond donors (Lipinski definition) is 0. The van der Waals surface area contributed by atoms with E-state index in [4.69, 9.17) is 4.74 Å². The zero-order valence-electron chi connectivity index (χ0n) is 14.7. The molecular weight excluding hydrogens is 361 g/mol. The van der Waals surface area contributed by atoms with Crippen molar-refractivity contribution in [3.63, 3.8) is 0 Å². The standard InChI is InChI=1S/C22H16FNO4/c23-17-7-2-1-6-16(17)22(27)28-15-5-3-4-14(11-15)24-20(25)18-12-8-9-13(10-12)19(18)21(24)26/h1-9,11-13,18-19H,10H2/t12-,13-,18-,19+/m0/s1. The van der Waals surface area contributed by atoms with Crippen molar-refractivity contribution in [1.29, 1.82) is 0 Å². The predicted molar refractivity (Wildman–Crippen MR) is 98.0 cm³/mol. The van der Waals surface area contributed by atoms with Gasteiger partial charge in [-0.2, -0.15) is 0 Å². The predicted octanol–water partition coefficient (Wildman–Crippen LogP) is 3.36. The number of nitrogens with zero attached hydrogens (tertiary/aromatic N) is 1. The number of rotatable bonds is 3. The lowest BCUT2D eigenvalue weighted by Gasteiger charge is -2.18. The Morgan fingerprint density at radius 1 is 0.964 bits per heavy atom. The van der Waals surface area contributed by atoms with Crippen molar-refractivity contribution < 1.29 is 23.5 Å². The topological polar surface area (TPSA) is 63.7 Å². The maximum Gasteiger partial charge on any atom is 0.346 e. The third-order valence-electron chi connectivity index (χ3n) is 5.85. The third-order valence-corrected chi connectivity index (χ3v) is 5.85. The molecular formula is C22H16FNO4. The molecule has 28 heavy (non-hydrogen) atoms. The van der Waals surface area contributed by atoms with Gasteiger partial charge in [0.15, 0.2) is 0 Å². The Labute approximate surface area is 160 Å². The second-order valence-electron chi connectivity index (χ2n) is 7.38. The van der Waals surface area contributed by atoms with E-state index < -0.39 is 11.8 Å². The van der Waals surface area contributed by atoms with E-state index in [1.54, 1.807) is 18.2 Å². The first kappa shape index (κ1) is 16.9. The molecule has 1 aliphatic heterocycles. The molecule has 5 rings (SSSR count). The first-order chi connectivity index (χ1) is 13.5. The molecule has 140 valence electrons. The lowest BCUT2D eigenvalue weighted by molar-refractivity contribution is -0.123. The van der Waals surface area contributed by atoms with Crippen LogP contribution in [0, 0.1) is 29.5 Å². The van der Waals surface area contributed by atoms with Crippen LogP contribution in [-0.2, 0) is 9.59 Å². The van der Waals surface area contributed by atoms with Crippen LogP contribution in [0.2, 0.25) is 0 Å². The summed E-state index contributed by atoms with van der Waals surface area (Å²) in [5.74, 6) is -2.13. The first-order valence-corrected chi connectivity index (χ1v) is 9.17. The molecule has 2 aliphatic carbocycles. The summed E-state index contributed by atoms with van der Waals surface area (Å²) in [7, 11) is 0. The summed E-state index contributed by atoms with van der Waals surface area (Å²) in [4.78, 5) is 39.2. The quantitative estimate of drug-likeness (QED) is 0.356. The van der Waals surface area contributed by atoms with Crippen molar-refractivity contribution in [3.05, 3.63) is 72.1 Å². The minimum atomic E-state index is -0.839. The SMILES string of the molecule is O=C(Oc1cccc(N2C(=O)[C@@H]3[C@H](C2=O)[C@H]2C=C[C@H]3C2)c1)c1ccccc1F. The van der Waals surface area contributed by atoms with Crippen LogP contribution in [0.25, 0.3) is 0 Å². The summed E-state index contributed by atoms with van der Waals surface area (Å²) in [6.07, 6.45) is 4.93. The van der Waals surface area contributed by atoms with E-state index in [-0.39, 0.29) is 46.8 Å². The molecule has 1 saturated carbocycles. The lowest BCUT2D eigenvalue weighted by atomic mass is 9.85. The number of amides is 2. The van der Waals surface area contributed by atoms with E-state index in [2.05, 4.69) is 0 Å². The summed E-state index contributed by atoms with van der Waals surface area (Å²) in [6, 6.07) is 11.8. The van der Waals surface area contributed by atoms with Crippen molar-refractivity contribution in [2.45, 2.75) is 6.42 Å². The Morgan fingerprint density at radius 2 is 1.64 bits per heavy atom. The van der Waals surface area contributed by atoms with Gasteiger partial charge in [-0.1, -0.05) is 30.4 Å². The van der Waals surface area contributed by atoms with Gasteiger partial charge in [-0.15, -0.1) is 0 Å². The highest BCUT2D eigenvalue weighted by Gasteiger charge is 2.59. The molecule has 3 aliphatic rings. The Kier molecular flexibility index (Phi) is 3.69. The van der Waals surface area contributed by atoms with Gasteiger partial charge >= 0.3 is 5.97 Å². The van der Waals surface area contributed by atoms with Gasteiger partial charge in [-0.3, -0.25) is 9.59 Å². The maximum absolute atomic E-state index is 13.8. The Morgan fingerprint density at radius 3 is 2.32 bits per heavy atom. The van der Waals surface area contributed by atoms with Gasteiger partial charge in [0.05, 0.1) is 23.1 Å². The van der Waals surface area contributed by atoms with Crippen molar-refractivity contribution >= 4 is 23.5 Å². The average molecular weight is 377 g/mol. The summed E-state index contributed by atoms with van der Waals surface area (Å²) in [5, 5.41) is 0. The molecule has 0 N–H and O–H groups in total. The summed E-state index contributed by atoms with van der Waals surface area (Å²) in [5.41, 5.74) is 0.182. The van der Waals surface area contributed by atoms with Gasteiger partial charge in [-0.25, -0.2) is 14.1 Å². The Hall–Kier alpha value is -3.28. The molecule has 2 aromatic carbocycles. The van der Waals surface area contributed by atoms with Crippen molar-refractivity contribution in [3.8, 4) is 5.75 Å². The van der Waals surface area contributed by atoms with Crippen LogP contribution in [0.5, 0.6) is 5.75 Å². The molecule has 0 spiro atoms. The van der Waals surface area contributed by atoms with Crippen LogP contribution in [0.15, 0.2) is 60.7 Å². The number of anilines is 1. The number of allylic oxidation sites excluding steroid dienone is 2. The number of ether oxygens (including phenoxy) is 1. The molecule has 0 unspecified atom stereocenters. The maximum atomic E-state index is 13.8. The van der Waals surface area contributed by atoms with Gasteiger partial charge < -0.3 is 4.74 Å². The van der Waals surface area contributed by atoms with Crippen LogP contribution in [0.4, 0.5) is 10.1 Å². The highest BCUT2D eigenvalue weighted by atomic mass is 19.1. The fourth-order valence-corrected chi connectivity index (χ4v) is 4.63. The number of imide groups is 1. The highest BCUT2D eigenvalue weighted by molar-refractivity contribution is 6.22. The van der Waals surface area contributed by atoms with Gasteiger partial charge in [0.1, 0.15) is 11.6 Å². The molecule has 2 fully saturated rings. The Balaban J connectivity index is 1.41. The molecule has 1 saturated heterocycles. The van der Waals surface area contributed by atoms with Gasteiger partial charge in [-0.05, 0) is 42.5 Å². The fraction of sp³-hybridized carbons (Fsp3) is 0.227. The lowest BCUT2D eigenvalue weighted by Crippen LogP contribution is -2.32. The normalized spacial score (nSPS) is 27.4. The summed E-state index contributed by atoms with van der Waals surface area (Å²) >= 11 is 0. The zero-order chi connectivity index (χ0) is 19.4. The first-order valence-electron chi connectivity index (χ1n) is 9.17. The number of esters is 1. The molecule has 4 atom stereocenters. The van der Waals surface area contributed by atoms with Crippen LogP contribution < -0.4 is 9.64 Å². The van der Waals surface area contributed by atoms with Gasteiger partial charge in [0, 0.05) is 6.07 Å². The summed E-state index contributed by atoms with van der Waals surface area (Å²) in [6.45, 7) is 0. The van der Waals surface area contributed by atoms with Crippen LogP contribution in [-0.4, -0.2) is 17.8 Å². The zero-order valence-corrected chi connectivity index (χ0v) is 14.7. The van der Waals surface area contributed by atoms with E-state index in [1.807, 2.05) is 12.2 Å². The second-order valence-corrected chi connectivity index (χ2v) is 7.38. The van der Waals surface area contributed by atoms with E-state index in [1.165, 1.54) is 35.2 Å². The van der Waals surface area contributed by atoms with Crippen molar-refractivity contribution in [2.24, 2.45) is 23.7 Å². The van der Waals surface area contributed by atoms with Crippen LogP contribution in [0.3, 0.4) is 0 Å². The third kappa shape index (κ3) is 2.41. The largest absolute Gasteiger partial charge is 0.423 e. The van der Waals surface area contributed by atoms with E-state index >= 15 is 0 Å². The van der Waals surface area contributed by atoms with Crippen molar-refractivity contribution in [2.75, 3.05) is 4.90 Å².